The van der Waals surface area contributed by atoms with E-state index < -0.39 is 0 Å². The van der Waals surface area contributed by atoms with Crippen LogP contribution in [0, 0.1) is 5.92 Å². The smallest absolute Gasteiger partial charge is 0.261 e. The molecule has 4 aromatic rings. The van der Waals surface area contributed by atoms with E-state index in [1.54, 1.807) is 17.0 Å². The normalized spacial score (nSPS) is 12.5. The van der Waals surface area contributed by atoms with E-state index in [9.17, 15) is 9.59 Å². The van der Waals surface area contributed by atoms with Gasteiger partial charge in [0, 0.05) is 13.0 Å². The lowest BCUT2D eigenvalue weighted by atomic mass is 10.0. The second kappa shape index (κ2) is 9.12. The molecular formula is C24H27N5O2. The molecule has 0 bridgehead atoms. The van der Waals surface area contributed by atoms with Gasteiger partial charge in [0.15, 0.2) is 0 Å². The maximum atomic E-state index is 12.7. The number of imidazole rings is 1. The third-order valence-electron chi connectivity index (χ3n) is 5.31. The Morgan fingerprint density at radius 3 is 2.61 bits per heavy atom. The van der Waals surface area contributed by atoms with Crippen LogP contribution in [0.2, 0.25) is 0 Å². The number of nitrogens with zero attached hydrogens (tertiary/aromatic N) is 3. The molecular weight excluding hydrogens is 390 g/mol. The van der Waals surface area contributed by atoms with Crippen LogP contribution >= 0.6 is 0 Å². The van der Waals surface area contributed by atoms with Crippen LogP contribution in [-0.4, -0.2) is 25.4 Å². The largest absolute Gasteiger partial charge is 0.346 e. The fourth-order valence-corrected chi connectivity index (χ4v) is 3.79. The van der Waals surface area contributed by atoms with Gasteiger partial charge in [-0.05, 0) is 43.0 Å². The molecule has 4 rings (SSSR count). The molecule has 2 N–H and O–H groups in total. The minimum absolute atomic E-state index is 0.0482. The summed E-state index contributed by atoms with van der Waals surface area (Å²) in [5.74, 6) is 1.13. The van der Waals surface area contributed by atoms with Gasteiger partial charge in [-0.3, -0.25) is 14.2 Å². The van der Waals surface area contributed by atoms with Crippen molar-refractivity contribution in [3.63, 3.8) is 0 Å². The average Bonchev–Trinajstić information content (AvgIpc) is 3.19. The lowest BCUT2D eigenvalue weighted by Gasteiger charge is -2.19. The SMILES string of the molecule is CC(C)C[C@H](NC(=O)CCCn1cnc2ccccc2c1=O)c1nc2ccccc2[nH]1. The standard InChI is InChI=1S/C24H27N5O2/c1-16(2)14-21(23-27-19-10-5-6-11-20(19)28-23)26-22(30)12-7-13-29-15-25-18-9-4-3-8-17(18)24(29)31/h3-6,8-11,15-16,21H,7,12-14H2,1-2H3,(H,26,30)(H,27,28)/t21-/m0/s1. The molecule has 160 valence electrons. The number of fused-ring (bicyclic) bond motifs is 2. The van der Waals surface area contributed by atoms with Gasteiger partial charge in [0.25, 0.3) is 5.56 Å². The molecule has 7 heteroatoms. The molecule has 2 aromatic heterocycles. The third kappa shape index (κ3) is 4.82. The Balaban J connectivity index is 1.40. The summed E-state index contributed by atoms with van der Waals surface area (Å²) in [6.45, 7) is 4.70. The molecule has 7 nitrogen and oxygen atoms in total. The summed E-state index contributed by atoms with van der Waals surface area (Å²) in [6, 6.07) is 15.0. The predicted octanol–water partition coefficient (Wildman–Crippen LogP) is 3.96. The van der Waals surface area contributed by atoms with Crippen molar-refractivity contribution in [3.8, 4) is 0 Å². The van der Waals surface area contributed by atoms with Gasteiger partial charge in [-0.25, -0.2) is 9.97 Å². The fraction of sp³-hybridized carbons (Fsp3) is 0.333. The molecule has 1 atom stereocenters. The molecule has 0 spiro atoms. The highest BCUT2D eigenvalue weighted by Crippen LogP contribution is 2.22. The van der Waals surface area contributed by atoms with E-state index >= 15 is 0 Å². The first-order valence-electron chi connectivity index (χ1n) is 10.7. The Morgan fingerprint density at radius 2 is 1.84 bits per heavy atom. The molecule has 31 heavy (non-hydrogen) atoms. The van der Waals surface area contributed by atoms with E-state index in [2.05, 4.69) is 34.1 Å². The lowest BCUT2D eigenvalue weighted by molar-refractivity contribution is -0.122. The van der Waals surface area contributed by atoms with Crippen LogP contribution in [0.5, 0.6) is 0 Å². The Kier molecular flexibility index (Phi) is 6.11. The number of aromatic amines is 1. The van der Waals surface area contributed by atoms with Crippen LogP contribution in [0.3, 0.4) is 0 Å². The second-order valence-corrected chi connectivity index (χ2v) is 8.25. The molecule has 0 fully saturated rings. The number of aromatic nitrogens is 4. The number of carbonyl (C=O) groups is 1. The number of hydrogen-bond donors (Lipinski definition) is 2. The van der Waals surface area contributed by atoms with E-state index in [1.165, 1.54) is 0 Å². The first-order valence-corrected chi connectivity index (χ1v) is 10.7. The Morgan fingerprint density at radius 1 is 1.10 bits per heavy atom. The Bertz CT molecular complexity index is 1220. The quantitative estimate of drug-likeness (QED) is 0.454. The van der Waals surface area contributed by atoms with Crippen LogP contribution in [0.25, 0.3) is 21.9 Å². The number of rotatable bonds is 8. The molecule has 2 aromatic carbocycles. The number of aryl methyl sites for hydroxylation is 1. The summed E-state index contributed by atoms with van der Waals surface area (Å²) in [5, 5.41) is 3.71. The number of benzene rings is 2. The molecule has 1 amide bonds. The zero-order valence-corrected chi connectivity index (χ0v) is 17.8. The summed E-state index contributed by atoms with van der Waals surface area (Å²) < 4.78 is 1.57. The molecule has 0 saturated carbocycles. The average molecular weight is 418 g/mol. The van der Waals surface area contributed by atoms with Gasteiger partial charge < -0.3 is 10.3 Å². The molecule has 0 aliphatic heterocycles. The lowest BCUT2D eigenvalue weighted by Crippen LogP contribution is -2.30. The summed E-state index contributed by atoms with van der Waals surface area (Å²) in [6.07, 6.45) is 3.23. The van der Waals surface area contributed by atoms with Gasteiger partial charge in [-0.2, -0.15) is 0 Å². The number of amides is 1. The van der Waals surface area contributed by atoms with E-state index in [-0.39, 0.29) is 17.5 Å². The number of carbonyl (C=O) groups excluding carboxylic acids is 1. The second-order valence-electron chi connectivity index (χ2n) is 8.25. The van der Waals surface area contributed by atoms with E-state index in [0.29, 0.717) is 36.2 Å². The Hall–Kier alpha value is -3.48. The molecule has 0 unspecified atom stereocenters. The van der Waals surface area contributed by atoms with E-state index in [0.717, 1.165) is 23.3 Å². The van der Waals surface area contributed by atoms with Gasteiger partial charge in [0.1, 0.15) is 5.82 Å². The summed E-state index contributed by atoms with van der Waals surface area (Å²) in [7, 11) is 0. The minimum atomic E-state index is -0.176. The molecule has 0 aliphatic rings. The minimum Gasteiger partial charge on any atom is -0.346 e. The summed E-state index contributed by atoms with van der Waals surface area (Å²) >= 11 is 0. The zero-order chi connectivity index (χ0) is 21.8. The highest BCUT2D eigenvalue weighted by atomic mass is 16.1. The highest BCUT2D eigenvalue weighted by molar-refractivity contribution is 5.78. The van der Waals surface area contributed by atoms with Gasteiger partial charge >= 0.3 is 0 Å². The summed E-state index contributed by atoms with van der Waals surface area (Å²) in [5.41, 5.74) is 2.46. The number of para-hydroxylation sites is 3. The van der Waals surface area contributed by atoms with Crippen LogP contribution in [0.1, 0.15) is 45.0 Å². The van der Waals surface area contributed by atoms with Crippen molar-refractivity contribution in [3.05, 3.63) is 71.0 Å². The van der Waals surface area contributed by atoms with Gasteiger partial charge in [-0.1, -0.05) is 38.1 Å². The third-order valence-corrected chi connectivity index (χ3v) is 5.31. The van der Waals surface area contributed by atoms with Crippen molar-refractivity contribution >= 4 is 27.8 Å². The van der Waals surface area contributed by atoms with Crippen LogP contribution < -0.4 is 10.9 Å². The van der Waals surface area contributed by atoms with Gasteiger partial charge in [-0.15, -0.1) is 0 Å². The highest BCUT2D eigenvalue weighted by Gasteiger charge is 2.19. The van der Waals surface area contributed by atoms with Crippen molar-refractivity contribution in [1.82, 2.24) is 24.8 Å². The first-order chi connectivity index (χ1) is 15.0. The van der Waals surface area contributed by atoms with Crippen LogP contribution in [-0.2, 0) is 11.3 Å². The maximum Gasteiger partial charge on any atom is 0.261 e. The van der Waals surface area contributed by atoms with Crippen LogP contribution in [0.15, 0.2) is 59.7 Å². The van der Waals surface area contributed by atoms with Gasteiger partial charge in [0.05, 0.1) is 34.3 Å². The van der Waals surface area contributed by atoms with Crippen molar-refractivity contribution in [2.24, 2.45) is 5.92 Å². The van der Waals surface area contributed by atoms with E-state index in [1.807, 2.05) is 42.5 Å². The predicted molar refractivity (Wildman–Crippen MR) is 122 cm³/mol. The first kappa shape index (κ1) is 20.8. The van der Waals surface area contributed by atoms with Crippen LogP contribution in [0.4, 0.5) is 0 Å². The fourth-order valence-electron chi connectivity index (χ4n) is 3.79. The molecule has 2 heterocycles. The van der Waals surface area contributed by atoms with Crippen molar-refractivity contribution in [2.45, 2.75) is 45.7 Å². The van der Waals surface area contributed by atoms with Crippen molar-refractivity contribution in [1.29, 1.82) is 0 Å². The zero-order valence-electron chi connectivity index (χ0n) is 17.8. The molecule has 0 aliphatic carbocycles. The topological polar surface area (TPSA) is 92.7 Å². The number of H-pyrrole nitrogens is 1. The number of nitrogens with one attached hydrogen (secondary N) is 2. The van der Waals surface area contributed by atoms with Crippen molar-refractivity contribution in [2.75, 3.05) is 0 Å². The Labute approximate surface area is 180 Å². The molecule has 0 radical (unpaired) electrons. The van der Waals surface area contributed by atoms with E-state index in [4.69, 9.17) is 0 Å². The number of hydrogen-bond acceptors (Lipinski definition) is 4. The summed E-state index contributed by atoms with van der Waals surface area (Å²) in [4.78, 5) is 37.6. The monoisotopic (exact) mass is 417 g/mol. The maximum absolute atomic E-state index is 12.7. The van der Waals surface area contributed by atoms with Gasteiger partial charge in [0.2, 0.25) is 5.91 Å². The van der Waals surface area contributed by atoms with Crippen molar-refractivity contribution < 1.29 is 4.79 Å². The molecule has 0 saturated heterocycles.